The van der Waals surface area contributed by atoms with Crippen LogP contribution in [0.25, 0.3) is 0 Å². The summed E-state index contributed by atoms with van der Waals surface area (Å²) in [6, 6.07) is 7.22. The Morgan fingerprint density at radius 3 is 2.40 bits per heavy atom. The molecule has 2 rings (SSSR count). The van der Waals surface area contributed by atoms with Gasteiger partial charge in [0.05, 0.1) is 0 Å². The topological polar surface area (TPSA) is 35.2 Å². The second-order valence-electron chi connectivity index (χ2n) is 4.50. The quantitative estimate of drug-likeness (QED) is 0.927. The molecule has 0 radical (unpaired) electrons. The molecule has 0 aliphatic heterocycles. The Labute approximate surface area is 115 Å². The fourth-order valence-electron chi connectivity index (χ4n) is 1.71. The van der Waals surface area contributed by atoms with E-state index in [1.807, 2.05) is 0 Å². The molecule has 106 valence electrons. The van der Waals surface area contributed by atoms with Crippen molar-refractivity contribution in [3.63, 3.8) is 0 Å². The van der Waals surface area contributed by atoms with E-state index in [1.165, 1.54) is 18.2 Å². The number of hydrogen-bond donors (Lipinski definition) is 1. The zero-order valence-corrected chi connectivity index (χ0v) is 10.9. The zero-order valence-electron chi connectivity index (χ0n) is 10.9. The van der Waals surface area contributed by atoms with Gasteiger partial charge in [0.1, 0.15) is 18.2 Å². The lowest BCUT2D eigenvalue weighted by Crippen LogP contribution is -2.06. The number of rotatable bonds is 4. The van der Waals surface area contributed by atoms with E-state index in [9.17, 15) is 13.2 Å². The standard InChI is InChI=1S/C15H14F3NO/c1-9(19)10-3-5-15(14(18)6-10)20-8-11-2-4-12(16)7-13(11)17/h2-7,9H,8,19H2,1H3/t9-/m1/s1. The molecule has 0 aliphatic carbocycles. The van der Waals surface area contributed by atoms with E-state index in [1.54, 1.807) is 13.0 Å². The lowest BCUT2D eigenvalue weighted by molar-refractivity contribution is 0.284. The molecule has 2 aromatic carbocycles. The van der Waals surface area contributed by atoms with Gasteiger partial charge in [0.2, 0.25) is 0 Å². The molecule has 0 unspecified atom stereocenters. The van der Waals surface area contributed by atoms with E-state index in [4.69, 9.17) is 10.5 Å². The lowest BCUT2D eigenvalue weighted by atomic mass is 10.1. The highest BCUT2D eigenvalue weighted by molar-refractivity contribution is 5.31. The summed E-state index contributed by atoms with van der Waals surface area (Å²) >= 11 is 0. The molecular weight excluding hydrogens is 267 g/mol. The molecular formula is C15H14F3NO. The van der Waals surface area contributed by atoms with Gasteiger partial charge in [-0.1, -0.05) is 6.07 Å². The van der Waals surface area contributed by atoms with Crippen LogP contribution in [-0.2, 0) is 6.61 Å². The minimum absolute atomic E-state index is 0.00174. The summed E-state index contributed by atoms with van der Waals surface area (Å²) in [5.41, 5.74) is 6.44. The molecule has 0 bridgehead atoms. The van der Waals surface area contributed by atoms with Crippen LogP contribution in [0.3, 0.4) is 0 Å². The van der Waals surface area contributed by atoms with Gasteiger partial charge in [-0.3, -0.25) is 0 Å². The van der Waals surface area contributed by atoms with Gasteiger partial charge in [0.25, 0.3) is 0 Å². The Balaban J connectivity index is 2.11. The summed E-state index contributed by atoms with van der Waals surface area (Å²) in [5, 5.41) is 0. The van der Waals surface area contributed by atoms with Gasteiger partial charge in [-0.2, -0.15) is 0 Å². The summed E-state index contributed by atoms with van der Waals surface area (Å²) in [5.74, 6) is -1.96. The minimum atomic E-state index is -0.724. The van der Waals surface area contributed by atoms with Crippen molar-refractivity contribution in [3.8, 4) is 5.75 Å². The zero-order chi connectivity index (χ0) is 14.7. The average molecular weight is 281 g/mol. The number of ether oxygens (including phenoxy) is 1. The summed E-state index contributed by atoms with van der Waals surface area (Å²) in [6.07, 6.45) is 0. The first-order valence-corrected chi connectivity index (χ1v) is 6.09. The second kappa shape index (κ2) is 5.96. The van der Waals surface area contributed by atoms with E-state index in [-0.39, 0.29) is 24.0 Å². The molecule has 2 nitrogen and oxygen atoms in total. The fourth-order valence-corrected chi connectivity index (χ4v) is 1.71. The average Bonchev–Trinajstić information content (AvgIpc) is 2.38. The van der Waals surface area contributed by atoms with Crippen LogP contribution in [-0.4, -0.2) is 0 Å². The van der Waals surface area contributed by atoms with Gasteiger partial charge < -0.3 is 10.5 Å². The van der Waals surface area contributed by atoms with Crippen LogP contribution in [0.2, 0.25) is 0 Å². The third-order valence-corrected chi connectivity index (χ3v) is 2.88. The van der Waals surface area contributed by atoms with Gasteiger partial charge in [0, 0.05) is 17.7 Å². The maximum atomic E-state index is 13.7. The SMILES string of the molecule is C[C@@H](N)c1ccc(OCc2ccc(F)cc2F)c(F)c1. The fraction of sp³-hybridized carbons (Fsp3) is 0.200. The minimum Gasteiger partial charge on any atom is -0.486 e. The highest BCUT2D eigenvalue weighted by atomic mass is 19.1. The summed E-state index contributed by atoms with van der Waals surface area (Å²) in [4.78, 5) is 0. The highest BCUT2D eigenvalue weighted by Crippen LogP contribution is 2.22. The van der Waals surface area contributed by atoms with Crippen molar-refractivity contribution in [2.75, 3.05) is 0 Å². The van der Waals surface area contributed by atoms with Gasteiger partial charge in [0.15, 0.2) is 11.6 Å². The Kier molecular flexibility index (Phi) is 4.29. The predicted molar refractivity (Wildman–Crippen MR) is 69.7 cm³/mol. The number of benzene rings is 2. The third kappa shape index (κ3) is 3.30. The van der Waals surface area contributed by atoms with Gasteiger partial charge in [-0.15, -0.1) is 0 Å². The monoisotopic (exact) mass is 281 g/mol. The van der Waals surface area contributed by atoms with Crippen molar-refractivity contribution in [1.29, 1.82) is 0 Å². The van der Waals surface area contributed by atoms with Crippen LogP contribution >= 0.6 is 0 Å². The van der Waals surface area contributed by atoms with Crippen LogP contribution in [0.4, 0.5) is 13.2 Å². The molecule has 5 heteroatoms. The number of halogens is 3. The molecule has 2 aromatic rings. The van der Waals surface area contributed by atoms with E-state index in [2.05, 4.69) is 0 Å². The summed E-state index contributed by atoms with van der Waals surface area (Å²) < 4.78 is 45.1. The molecule has 20 heavy (non-hydrogen) atoms. The molecule has 0 saturated heterocycles. The Morgan fingerprint density at radius 2 is 1.80 bits per heavy atom. The van der Waals surface area contributed by atoms with Crippen molar-refractivity contribution < 1.29 is 17.9 Å². The van der Waals surface area contributed by atoms with E-state index in [0.717, 1.165) is 12.1 Å². The molecule has 0 heterocycles. The largest absolute Gasteiger partial charge is 0.486 e. The third-order valence-electron chi connectivity index (χ3n) is 2.88. The molecule has 2 N–H and O–H groups in total. The Bertz CT molecular complexity index is 614. The molecule has 0 aromatic heterocycles. The van der Waals surface area contributed by atoms with Crippen molar-refractivity contribution in [2.45, 2.75) is 19.6 Å². The van der Waals surface area contributed by atoms with Crippen molar-refractivity contribution in [2.24, 2.45) is 5.73 Å². The molecule has 0 aliphatic rings. The molecule has 0 saturated carbocycles. The molecule has 1 atom stereocenters. The summed E-state index contributed by atoms with van der Waals surface area (Å²) in [6.45, 7) is 1.56. The molecule has 0 amide bonds. The predicted octanol–water partition coefficient (Wildman–Crippen LogP) is 3.70. The number of nitrogens with two attached hydrogens (primary N) is 1. The maximum Gasteiger partial charge on any atom is 0.165 e. The summed E-state index contributed by atoms with van der Waals surface area (Å²) in [7, 11) is 0. The van der Waals surface area contributed by atoms with E-state index < -0.39 is 17.5 Å². The van der Waals surface area contributed by atoms with Crippen LogP contribution in [0.5, 0.6) is 5.75 Å². The maximum absolute atomic E-state index is 13.7. The second-order valence-corrected chi connectivity index (χ2v) is 4.50. The Morgan fingerprint density at radius 1 is 1.05 bits per heavy atom. The van der Waals surface area contributed by atoms with Gasteiger partial charge in [-0.25, -0.2) is 13.2 Å². The van der Waals surface area contributed by atoms with Crippen LogP contribution < -0.4 is 10.5 Å². The van der Waals surface area contributed by atoms with Crippen molar-refractivity contribution in [1.82, 2.24) is 0 Å². The highest BCUT2D eigenvalue weighted by Gasteiger charge is 2.09. The lowest BCUT2D eigenvalue weighted by Gasteiger charge is -2.11. The van der Waals surface area contributed by atoms with Crippen LogP contribution in [0, 0.1) is 17.5 Å². The first-order valence-electron chi connectivity index (χ1n) is 6.09. The molecule has 0 spiro atoms. The Hall–Kier alpha value is -2.01. The number of hydrogen-bond acceptors (Lipinski definition) is 2. The van der Waals surface area contributed by atoms with Crippen LogP contribution in [0.15, 0.2) is 36.4 Å². The van der Waals surface area contributed by atoms with E-state index in [0.29, 0.717) is 5.56 Å². The van der Waals surface area contributed by atoms with Crippen molar-refractivity contribution >= 4 is 0 Å². The van der Waals surface area contributed by atoms with Crippen molar-refractivity contribution in [3.05, 3.63) is 65.0 Å². The first kappa shape index (κ1) is 14.4. The smallest absolute Gasteiger partial charge is 0.165 e. The first-order chi connectivity index (χ1) is 9.47. The van der Waals surface area contributed by atoms with Gasteiger partial charge >= 0.3 is 0 Å². The van der Waals surface area contributed by atoms with E-state index >= 15 is 0 Å². The molecule has 0 fully saturated rings. The van der Waals surface area contributed by atoms with Crippen LogP contribution in [0.1, 0.15) is 24.1 Å². The van der Waals surface area contributed by atoms with Gasteiger partial charge in [-0.05, 0) is 36.8 Å². The normalized spacial score (nSPS) is 12.2.